The number of methoxy groups -OCH3 is 1. The molecule has 0 rings (SSSR count). The average Bonchev–Trinajstić information content (AvgIpc) is 1.99. The lowest BCUT2D eigenvalue weighted by Gasteiger charge is -2.18. The number of rotatable bonds is 3. The zero-order valence-electron chi connectivity index (χ0n) is 7.13. The molecule has 0 bridgehead atoms. The molecule has 0 spiro atoms. The van der Waals surface area contributed by atoms with Crippen LogP contribution in [0.1, 0.15) is 13.8 Å². The fraction of sp³-hybridized carbons (Fsp3) is 0.857. The van der Waals surface area contributed by atoms with Crippen molar-refractivity contribution in [1.29, 1.82) is 0 Å². The first-order chi connectivity index (χ1) is 5.11. The van der Waals surface area contributed by atoms with Crippen molar-refractivity contribution in [3.8, 4) is 0 Å². The van der Waals surface area contributed by atoms with Gasteiger partial charge in [-0.2, -0.15) is 0 Å². The Morgan fingerprint density at radius 1 is 1.64 bits per heavy atom. The van der Waals surface area contributed by atoms with E-state index in [1.54, 1.807) is 0 Å². The minimum Gasteiger partial charge on any atom is -0.453 e. The number of hydrogen-bond acceptors (Lipinski definition) is 3. The molecule has 0 aliphatic rings. The molecular weight excluding hydrogens is 146 g/mol. The van der Waals surface area contributed by atoms with Crippen molar-refractivity contribution in [3.63, 3.8) is 0 Å². The molecule has 2 N–H and O–H groups in total. The van der Waals surface area contributed by atoms with Crippen LogP contribution in [0.15, 0.2) is 0 Å². The summed E-state index contributed by atoms with van der Waals surface area (Å²) in [5.41, 5.74) is 0. The Balaban J connectivity index is 3.78. The van der Waals surface area contributed by atoms with Crippen molar-refractivity contribution in [2.24, 2.45) is 5.92 Å². The highest BCUT2D eigenvalue weighted by molar-refractivity contribution is 5.67. The number of hydrogen-bond donors (Lipinski definition) is 2. The number of carbonyl (C=O) groups excluding carboxylic acids is 1. The van der Waals surface area contributed by atoms with Crippen LogP contribution in [0.2, 0.25) is 0 Å². The molecule has 4 heteroatoms. The SMILES string of the molecule is COC(=O)N[C@H](CO)C(C)C. The van der Waals surface area contributed by atoms with Gasteiger partial charge in [-0.15, -0.1) is 0 Å². The van der Waals surface area contributed by atoms with Gasteiger partial charge in [-0.05, 0) is 5.92 Å². The maximum Gasteiger partial charge on any atom is 0.407 e. The third-order valence-corrected chi connectivity index (χ3v) is 1.49. The van der Waals surface area contributed by atoms with Gasteiger partial charge in [-0.3, -0.25) is 0 Å². The summed E-state index contributed by atoms with van der Waals surface area (Å²) < 4.78 is 4.37. The lowest BCUT2D eigenvalue weighted by molar-refractivity contribution is 0.149. The monoisotopic (exact) mass is 161 g/mol. The Bertz CT molecular complexity index is 125. The van der Waals surface area contributed by atoms with Gasteiger partial charge >= 0.3 is 6.09 Å². The normalized spacial score (nSPS) is 12.8. The Kier molecular flexibility index (Phi) is 4.61. The molecule has 0 aromatic heterocycles. The van der Waals surface area contributed by atoms with E-state index in [1.165, 1.54) is 7.11 Å². The molecule has 0 saturated carbocycles. The van der Waals surface area contributed by atoms with Gasteiger partial charge < -0.3 is 15.2 Å². The van der Waals surface area contributed by atoms with Crippen molar-refractivity contribution < 1.29 is 14.6 Å². The molecular formula is C7H15NO3. The standard InChI is InChI=1S/C7H15NO3/c1-5(2)6(4-9)8-7(10)11-3/h5-6,9H,4H2,1-3H3,(H,8,10)/t6-/m1/s1. The first-order valence-corrected chi connectivity index (χ1v) is 3.57. The highest BCUT2D eigenvalue weighted by Gasteiger charge is 2.14. The first-order valence-electron chi connectivity index (χ1n) is 3.57. The Morgan fingerprint density at radius 3 is 2.45 bits per heavy atom. The average molecular weight is 161 g/mol. The first kappa shape index (κ1) is 10.2. The fourth-order valence-electron chi connectivity index (χ4n) is 0.633. The Hall–Kier alpha value is -0.770. The van der Waals surface area contributed by atoms with Crippen LogP contribution >= 0.6 is 0 Å². The van der Waals surface area contributed by atoms with Crippen LogP contribution in [0.5, 0.6) is 0 Å². The molecule has 0 heterocycles. The molecule has 66 valence electrons. The Labute approximate surface area is 66.5 Å². The van der Waals surface area contributed by atoms with Crippen LogP contribution in [0.4, 0.5) is 4.79 Å². The van der Waals surface area contributed by atoms with Crippen LogP contribution in [-0.2, 0) is 4.74 Å². The van der Waals surface area contributed by atoms with E-state index in [9.17, 15) is 4.79 Å². The van der Waals surface area contributed by atoms with Gasteiger partial charge in [-0.1, -0.05) is 13.8 Å². The van der Waals surface area contributed by atoms with E-state index in [-0.39, 0.29) is 18.6 Å². The fourth-order valence-corrected chi connectivity index (χ4v) is 0.633. The predicted molar refractivity (Wildman–Crippen MR) is 41.3 cm³/mol. The number of aliphatic hydroxyl groups excluding tert-OH is 1. The maximum atomic E-state index is 10.6. The number of alkyl carbamates (subject to hydrolysis) is 1. The second-order valence-corrected chi connectivity index (χ2v) is 2.67. The second kappa shape index (κ2) is 4.96. The van der Waals surface area contributed by atoms with Crippen molar-refractivity contribution in [2.45, 2.75) is 19.9 Å². The molecule has 0 aliphatic heterocycles. The smallest absolute Gasteiger partial charge is 0.407 e. The molecule has 1 amide bonds. The van der Waals surface area contributed by atoms with E-state index in [2.05, 4.69) is 10.1 Å². The van der Waals surface area contributed by atoms with Crippen molar-refractivity contribution >= 4 is 6.09 Å². The summed E-state index contributed by atoms with van der Waals surface area (Å²) in [4.78, 5) is 10.6. The van der Waals surface area contributed by atoms with Crippen molar-refractivity contribution in [2.75, 3.05) is 13.7 Å². The van der Waals surface area contributed by atoms with E-state index in [4.69, 9.17) is 5.11 Å². The molecule has 11 heavy (non-hydrogen) atoms. The quantitative estimate of drug-likeness (QED) is 0.628. The van der Waals surface area contributed by atoms with Gasteiger partial charge in [0.2, 0.25) is 0 Å². The summed E-state index contributed by atoms with van der Waals surface area (Å²) in [6, 6.07) is -0.220. The van der Waals surface area contributed by atoms with Gasteiger partial charge in [-0.25, -0.2) is 4.79 Å². The van der Waals surface area contributed by atoms with Gasteiger partial charge in [0.25, 0.3) is 0 Å². The zero-order valence-corrected chi connectivity index (χ0v) is 7.13. The molecule has 0 fully saturated rings. The van der Waals surface area contributed by atoms with E-state index in [1.807, 2.05) is 13.8 Å². The minimum atomic E-state index is -0.502. The van der Waals surface area contributed by atoms with E-state index in [0.717, 1.165) is 0 Å². The summed E-state index contributed by atoms with van der Waals surface area (Å²) in [6.45, 7) is 3.76. The number of nitrogens with one attached hydrogen (secondary N) is 1. The third kappa shape index (κ3) is 3.83. The lowest BCUT2D eigenvalue weighted by atomic mass is 10.1. The van der Waals surface area contributed by atoms with Crippen LogP contribution in [0, 0.1) is 5.92 Å². The highest BCUT2D eigenvalue weighted by Crippen LogP contribution is 1.99. The molecule has 0 aromatic carbocycles. The van der Waals surface area contributed by atoms with E-state index in [0.29, 0.717) is 0 Å². The molecule has 0 aromatic rings. The Morgan fingerprint density at radius 2 is 2.18 bits per heavy atom. The highest BCUT2D eigenvalue weighted by atomic mass is 16.5. The van der Waals surface area contributed by atoms with Crippen LogP contribution in [0.3, 0.4) is 0 Å². The summed E-state index contributed by atoms with van der Waals surface area (Å²) in [5.74, 6) is 0.207. The lowest BCUT2D eigenvalue weighted by Crippen LogP contribution is -2.40. The van der Waals surface area contributed by atoms with Crippen molar-refractivity contribution in [3.05, 3.63) is 0 Å². The van der Waals surface area contributed by atoms with E-state index < -0.39 is 6.09 Å². The number of amides is 1. The van der Waals surface area contributed by atoms with Crippen LogP contribution < -0.4 is 5.32 Å². The predicted octanol–water partition coefficient (Wildman–Crippen LogP) is 0.359. The second-order valence-electron chi connectivity index (χ2n) is 2.67. The largest absolute Gasteiger partial charge is 0.453 e. The van der Waals surface area contributed by atoms with Gasteiger partial charge in [0.15, 0.2) is 0 Å². The summed E-state index contributed by atoms with van der Waals surface area (Å²) in [6.07, 6.45) is -0.502. The molecule has 0 unspecified atom stereocenters. The molecule has 0 radical (unpaired) electrons. The van der Waals surface area contributed by atoms with Gasteiger partial charge in [0.05, 0.1) is 19.8 Å². The van der Waals surface area contributed by atoms with Gasteiger partial charge in [0, 0.05) is 0 Å². The third-order valence-electron chi connectivity index (χ3n) is 1.49. The zero-order chi connectivity index (χ0) is 8.85. The maximum absolute atomic E-state index is 10.6. The van der Waals surface area contributed by atoms with Gasteiger partial charge in [0.1, 0.15) is 0 Å². The molecule has 0 saturated heterocycles. The van der Waals surface area contributed by atoms with Crippen LogP contribution in [0.25, 0.3) is 0 Å². The summed E-state index contributed by atoms with van der Waals surface area (Å²) >= 11 is 0. The topological polar surface area (TPSA) is 58.6 Å². The molecule has 4 nitrogen and oxygen atoms in total. The molecule has 0 aliphatic carbocycles. The number of carbonyl (C=O) groups is 1. The molecule has 1 atom stereocenters. The summed E-state index contributed by atoms with van der Waals surface area (Å²) in [7, 11) is 1.30. The minimum absolute atomic E-state index is 0.0627. The number of aliphatic hydroxyl groups is 1. The van der Waals surface area contributed by atoms with Crippen molar-refractivity contribution in [1.82, 2.24) is 5.32 Å². The van der Waals surface area contributed by atoms with E-state index >= 15 is 0 Å². The number of ether oxygens (including phenoxy) is 1. The van der Waals surface area contributed by atoms with Crippen LogP contribution in [-0.4, -0.2) is 31.0 Å². The summed E-state index contributed by atoms with van der Waals surface area (Å²) in [5, 5.41) is 11.3.